The van der Waals surface area contributed by atoms with E-state index < -0.39 is 16.0 Å². The zero-order valence-corrected chi connectivity index (χ0v) is 12.7. The molecule has 0 aliphatic carbocycles. The maximum absolute atomic E-state index is 12.0. The molecule has 0 aliphatic heterocycles. The molecule has 0 saturated heterocycles. The Morgan fingerprint density at radius 3 is 2.14 bits per heavy atom. The highest BCUT2D eigenvalue weighted by Crippen LogP contribution is 2.13. The molecule has 0 N–H and O–H groups in total. The first-order valence-electron chi connectivity index (χ1n) is 6.49. The zero-order valence-electron chi connectivity index (χ0n) is 11.9. The Kier molecular flexibility index (Phi) is 5.08. The number of hydroxylamine groups is 2. The third kappa shape index (κ3) is 4.28. The predicted octanol–water partition coefficient (Wildman–Crippen LogP) is 2.48. The molecule has 2 rings (SSSR count). The van der Waals surface area contributed by atoms with Gasteiger partial charge in [-0.3, -0.25) is 4.79 Å². The normalized spacial score (nSPS) is 11.5. The minimum Gasteiger partial charge on any atom is -0.267 e. The largest absolute Gasteiger partial charge is 0.317 e. The van der Waals surface area contributed by atoms with Crippen LogP contribution < -0.4 is 0 Å². The van der Waals surface area contributed by atoms with Gasteiger partial charge in [-0.25, -0.2) is 5.06 Å². The molecule has 0 saturated carbocycles. The molecular weight excluding hydrogens is 302 g/mol. The molecule has 0 heterocycles. The lowest BCUT2D eigenvalue weighted by Crippen LogP contribution is -2.28. The number of benzene rings is 2. The topological polar surface area (TPSA) is 63.7 Å². The number of nitrogens with zero attached hydrogens (tertiary/aromatic N) is 1. The summed E-state index contributed by atoms with van der Waals surface area (Å²) in [4.78, 5) is 11.9. The molecule has 1 amide bonds. The summed E-state index contributed by atoms with van der Waals surface area (Å²) >= 11 is 0. The molecule has 0 fully saturated rings. The summed E-state index contributed by atoms with van der Waals surface area (Å²) in [5, 5.41) is 0.682. The lowest BCUT2D eigenvalue weighted by atomic mass is 10.2. The molecule has 0 unspecified atom stereocenters. The fraction of sp³-hybridized carbons (Fsp3) is 0.0625. The van der Waals surface area contributed by atoms with Gasteiger partial charge in [0.15, 0.2) is 0 Å². The van der Waals surface area contributed by atoms with E-state index >= 15 is 0 Å². The van der Waals surface area contributed by atoms with Gasteiger partial charge < -0.3 is 0 Å². The maximum atomic E-state index is 12.0. The monoisotopic (exact) mass is 317 g/mol. The molecule has 114 valence electrons. The highest BCUT2D eigenvalue weighted by Gasteiger charge is 2.20. The molecule has 2 aromatic carbocycles. The average Bonchev–Trinajstić information content (AvgIpc) is 2.54. The van der Waals surface area contributed by atoms with Crippen LogP contribution in [0.3, 0.4) is 0 Å². The van der Waals surface area contributed by atoms with Gasteiger partial charge in [0.05, 0.1) is 4.90 Å². The summed E-state index contributed by atoms with van der Waals surface area (Å²) in [6, 6.07) is 16.8. The first-order chi connectivity index (χ1) is 10.5. The highest BCUT2D eigenvalue weighted by molar-refractivity contribution is 7.86. The summed E-state index contributed by atoms with van der Waals surface area (Å²) in [5.41, 5.74) is 0.829. The van der Waals surface area contributed by atoms with Crippen molar-refractivity contribution in [3.8, 4) is 0 Å². The highest BCUT2D eigenvalue weighted by atomic mass is 32.2. The molecule has 0 atom stereocenters. The van der Waals surface area contributed by atoms with Gasteiger partial charge in [-0.1, -0.05) is 48.5 Å². The van der Waals surface area contributed by atoms with Crippen LogP contribution >= 0.6 is 0 Å². The lowest BCUT2D eigenvalue weighted by molar-refractivity contribution is -0.145. The predicted molar refractivity (Wildman–Crippen MR) is 83.0 cm³/mol. The van der Waals surface area contributed by atoms with E-state index in [1.807, 2.05) is 30.3 Å². The summed E-state index contributed by atoms with van der Waals surface area (Å²) < 4.78 is 28.7. The summed E-state index contributed by atoms with van der Waals surface area (Å²) in [6.45, 7) is 0. The first-order valence-corrected chi connectivity index (χ1v) is 7.90. The Bertz CT molecular complexity index is 755. The van der Waals surface area contributed by atoms with Gasteiger partial charge >= 0.3 is 10.1 Å². The van der Waals surface area contributed by atoms with Crippen molar-refractivity contribution < 1.29 is 17.5 Å². The van der Waals surface area contributed by atoms with Gasteiger partial charge in [-0.05, 0) is 23.8 Å². The number of amides is 1. The maximum Gasteiger partial charge on any atom is 0.317 e. The summed E-state index contributed by atoms with van der Waals surface area (Å²) in [7, 11) is -2.77. The minimum atomic E-state index is -4.02. The molecule has 6 heteroatoms. The number of carbonyl (C=O) groups excluding carboxylic acids is 1. The first kappa shape index (κ1) is 15.9. The Morgan fingerprint density at radius 1 is 1.00 bits per heavy atom. The fourth-order valence-electron chi connectivity index (χ4n) is 1.65. The number of hydrogen-bond acceptors (Lipinski definition) is 4. The average molecular weight is 317 g/mol. The smallest absolute Gasteiger partial charge is 0.267 e. The van der Waals surface area contributed by atoms with E-state index in [0.717, 1.165) is 5.56 Å². The van der Waals surface area contributed by atoms with Crippen LogP contribution in [-0.4, -0.2) is 26.4 Å². The van der Waals surface area contributed by atoms with Crippen LogP contribution in [0.25, 0.3) is 6.08 Å². The minimum absolute atomic E-state index is 0.0123. The second-order valence-electron chi connectivity index (χ2n) is 4.42. The van der Waals surface area contributed by atoms with Crippen LogP contribution in [0.4, 0.5) is 0 Å². The number of hydrogen-bond donors (Lipinski definition) is 0. The van der Waals surface area contributed by atoms with E-state index in [0.29, 0.717) is 5.06 Å². The fourth-order valence-corrected chi connectivity index (χ4v) is 2.60. The van der Waals surface area contributed by atoms with E-state index in [9.17, 15) is 13.2 Å². The van der Waals surface area contributed by atoms with Gasteiger partial charge in [0.1, 0.15) is 0 Å². The summed E-state index contributed by atoms with van der Waals surface area (Å²) in [6.07, 6.45) is 2.83. The van der Waals surface area contributed by atoms with Crippen LogP contribution in [0.1, 0.15) is 5.56 Å². The van der Waals surface area contributed by atoms with Crippen LogP contribution in [0, 0.1) is 0 Å². The van der Waals surface area contributed by atoms with Crippen molar-refractivity contribution in [3.05, 3.63) is 72.3 Å². The Balaban J connectivity index is 2.04. The Morgan fingerprint density at radius 2 is 1.55 bits per heavy atom. The second kappa shape index (κ2) is 7.02. The van der Waals surface area contributed by atoms with Crippen molar-refractivity contribution >= 4 is 22.1 Å². The second-order valence-corrected chi connectivity index (χ2v) is 5.95. The van der Waals surface area contributed by atoms with Crippen molar-refractivity contribution in [1.82, 2.24) is 5.06 Å². The van der Waals surface area contributed by atoms with Crippen molar-refractivity contribution in [1.29, 1.82) is 0 Å². The Labute approximate surface area is 129 Å². The van der Waals surface area contributed by atoms with Gasteiger partial charge in [0, 0.05) is 13.1 Å². The molecule has 22 heavy (non-hydrogen) atoms. The van der Waals surface area contributed by atoms with E-state index in [-0.39, 0.29) is 4.90 Å². The van der Waals surface area contributed by atoms with E-state index in [4.69, 9.17) is 4.28 Å². The van der Waals surface area contributed by atoms with Gasteiger partial charge in [-0.2, -0.15) is 8.42 Å². The number of likely N-dealkylation sites (N-methyl/N-ethyl adjacent to an activating group) is 1. The van der Waals surface area contributed by atoms with Gasteiger partial charge in [0.25, 0.3) is 5.91 Å². The van der Waals surface area contributed by atoms with Crippen molar-refractivity contribution in [2.45, 2.75) is 4.90 Å². The van der Waals surface area contributed by atoms with Crippen molar-refractivity contribution in [2.24, 2.45) is 0 Å². The van der Waals surface area contributed by atoms with E-state index in [1.165, 1.54) is 25.3 Å². The zero-order chi connectivity index (χ0) is 16.0. The van der Waals surface area contributed by atoms with Gasteiger partial charge in [-0.15, -0.1) is 4.28 Å². The van der Waals surface area contributed by atoms with E-state index in [2.05, 4.69) is 0 Å². The molecule has 0 aliphatic rings. The third-order valence-electron chi connectivity index (χ3n) is 2.77. The number of carbonyl (C=O) groups is 1. The van der Waals surface area contributed by atoms with Crippen LogP contribution in [0.15, 0.2) is 71.6 Å². The number of rotatable bonds is 5. The van der Waals surface area contributed by atoms with Crippen LogP contribution in [-0.2, 0) is 19.2 Å². The molecule has 0 bridgehead atoms. The third-order valence-corrected chi connectivity index (χ3v) is 4.04. The standard InChI is InChI=1S/C16H15NO4S/c1-17(16(18)13-12-14-8-4-2-5-9-14)21-22(19,20)15-10-6-3-7-11-15/h2-13H,1H3. The molecule has 0 spiro atoms. The molecule has 2 aromatic rings. The van der Waals surface area contributed by atoms with Crippen LogP contribution in [0.2, 0.25) is 0 Å². The SMILES string of the molecule is CN(OS(=O)(=O)c1ccccc1)C(=O)C=Cc1ccccc1. The van der Waals surface area contributed by atoms with Crippen LogP contribution in [0.5, 0.6) is 0 Å². The molecule has 5 nitrogen and oxygen atoms in total. The molecular formula is C16H15NO4S. The Hall–Kier alpha value is -2.44. The van der Waals surface area contributed by atoms with Gasteiger partial charge in [0.2, 0.25) is 0 Å². The summed E-state index contributed by atoms with van der Waals surface area (Å²) in [5.74, 6) is -0.580. The quantitative estimate of drug-likeness (QED) is 0.628. The van der Waals surface area contributed by atoms with Crippen molar-refractivity contribution in [2.75, 3.05) is 7.05 Å². The molecule has 0 aromatic heterocycles. The molecule has 0 radical (unpaired) electrons. The van der Waals surface area contributed by atoms with E-state index in [1.54, 1.807) is 24.3 Å². The lowest BCUT2D eigenvalue weighted by Gasteiger charge is -2.14. The van der Waals surface area contributed by atoms with Crippen molar-refractivity contribution in [3.63, 3.8) is 0 Å².